The molecule has 1 amide bonds. The topological polar surface area (TPSA) is 68.3 Å². The Morgan fingerprint density at radius 3 is 2.92 bits per heavy atom. The number of nitrogens with one attached hydrogen (secondary N) is 1. The van der Waals surface area contributed by atoms with Gasteiger partial charge in [-0.05, 0) is 36.6 Å². The molecule has 0 radical (unpaired) electrons. The van der Waals surface area contributed by atoms with Crippen molar-refractivity contribution in [1.82, 2.24) is 4.98 Å². The Kier molecular flexibility index (Phi) is 5.12. The summed E-state index contributed by atoms with van der Waals surface area (Å²) >= 11 is 2.98. The van der Waals surface area contributed by atoms with Crippen molar-refractivity contribution >= 4 is 50.9 Å². The van der Waals surface area contributed by atoms with E-state index in [1.165, 1.54) is 23.1 Å². The van der Waals surface area contributed by atoms with Gasteiger partial charge >= 0.3 is 5.97 Å². The lowest BCUT2D eigenvalue weighted by atomic mass is 10.2. The summed E-state index contributed by atoms with van der Waals surface area (Å²) in [4.78, 5) is 29.2. The summed E-state index contributed by atoms with van der Waals surface area (Å²) in [6.07, 6.45) is 1.93. The summed E-state index contributed by atoms with van der Waals surface area (Å²) in [6.45, 7) is -0.331. The van der Waals surface area contributed by atoms with Crippen LogP contribution < -0.4 is 5.32 Å². The molecule has 0 saturated heterocycles. The fourth-order valence-electron chi connectivity index (χ4n) is 2.13. The first-order valence-corrected chi connectivity index (χ1v) is 9.21. The molecule has 0 aliphatic heterocycles. The normalized spacial score (nSPS) is 10.5. The Morgan fingerprint density at radius 1 is 1.25 bits per heavy atom. The maximum Gasteiger partial charge on any atom is 0.338 e. The maximum absolute atomic E-state index is 12.1. The third kappa shape index (κ3) is 3.74. The van der Waals surface area contributed by atoms with Gasteiger partial charge in [-0.3, -0.25) is 4.79 Å². The summed E-state index contributed by atoms with van der Waals surface area (Å²) in [5, 5.41) is 2.75. The zero-order valence-electron chi connectivity index (χ0n) is 12.8. The van der Waals surface area contributed by atoms with Crippen LogP contribution in [0.5, 0.6) is 0 Å². The average molecular weight is 358 g/mol. The Hall–Kier alpha value is -2.38. The molecule has 7 heteroatoms. The number of para-hydroxylation sites is 1. The molecule has 0 unspecified atom stereocenters. The second kappa shape index (κ2) is 7.46. The van der Waals surface area contributed by atoms with E-state index >= 15 is 0 Å². The number of esters is 1. The minimum Gasteiger partial charge on any atom is -0.452 e. The lowest BCUT2D eigenvalue weighted by molar-refractivity contribution is -0.119. The van der Waals surface area contributed by atoms with Crippen molar-refractivity contribution in [3.8, 4) is 0 Å². The molecule has 0 bridgehead atoms. The second-order valence-electron chi connectivity index (χ2n) is 4.86. The van der Waals surface area contributed by atoms with E-state index in [0.717, 1.165) is 15.1 Å². The van der Waals surface area contributed by atoms with Gasteiger partial charge in [-0.15, -0.1) is 23.1 Å². The third-order valence-electron chi connectivity index (χ3n) is 3.28. The molecule has 24 heavy (non-hydrogen) atoms. The molecule has 0 aliphatic rings. The molecule has 1 N–H and O–H groups in total. The highest BCUT2D eigenvalue weighted by Gasteiger charge is 2.12. The van der Waals surface area contributed by atoms with Crippen LogP contribution in [0.4, 0.5) is 5.69 Å². The summed E-state index contributed by atoms with van der Waals surface area (Å²) < 4.78 is 5.99. The number of amides is 1. The van der Waals surface area contributed by atoms with Crippen molar-refractivity contribution in [2.75, 3.05) is 18.2 Å². The summed E-state index contributed by atoms with van der Waals surface area (Å²) in [7, 11) is 0. The van der Waals surface area contributed by atoms with Crippen molar-refractivity contribution in [2.24, 2.45) is 0 Å². The van der Waals surface area contributed by atoms with Gasteiger partial charge in [0.15, 0.2) is 6.61 Å². The van der Waals surface area contributed by atoms with E-state index in [1.54, 1.807) is 23.7 Å². The quantitative estimate of drug-likeness (QED) is 0.555. The number of fused-ring (bicyclic) bond motifs is 1. The zero-order chi connectivity index (χ0) is 16.9. The van der Waals surface area contributed by atoms with Crippen molar-refractivity contribution in [2.45, 2.75) is 4.90 Å². The molecule has 5 nitrogen and oxygen atoms in total. The Labute approximate surface area is 147 Å². The number of benzene rings is 2. The van der Waals surface area contributed by atoms with E-state index in [1.807, 2.05) is 30.5 Å². The highest BCUT2D eigenvalue weighted by atomic mass is 32.2. The smallest absolute Gasteiger partial charge is 0.338 e. The predicted octanol–water partition coefficient (Wildman–Crippen LogP) is 3.81. The van der Waals surface area contributed by atoms with Gasteiger partial charge in [-0.2, -0.15) is 0 Å². The van der Waals surface area contributed by atoms with E-state index in [0.29, 0.717) is 11.3 Å². The Balaban J connectivity index is 1.60. The van der Waals surface area contributed by atoms with E-state index in [-0.39, 0.29) is 12.5 Å². The van der Waals surface area contributed by atoms with Gasteiger partial charge in [0.05, 0.1) is 27.0 Å². The van der Waals surface area contributed by atoms with Crippen molar-refractivity contribution < 1.29 is 14.3 Å². The number of thiazole rings is 1. The van der Waals surface area contributed by atoms with E-state index in [9.17, 15) is 9.59 Å². The second-order valence-corrected chi connectivity index (χ2v) is 6.59. The Morgan fingerprint density at radius 2 is 2.08 bits per heavy atom. The van der Waals surface area contributed by atoms with Gasteiger partial charge in [-0.1, -0.05) is 12.1 Å². The largest absolute Gasteiger partial charge is 0.452 e. The monoisotopic (exact) mass is 358 g/mol. The lowest BCUT2D eigenvalue weighted by Crippen LogP contribution is -2.21. The number of rotatable bonds is 5. The van der Waals surface area contributed by atoms with Gasteiger partial charge < -0.3 is 10.1 Å². The molecule has 0 saturated carbocycles. The number of nitrogens with zero attached hydrogens (tertiary/aromatic N) is 1. The number of hydrogen-bond donors (Lipinski definition) is 1. The van der Waals surface area contributed by atoms with E-state index < -0.39 is 5.97 Å². The number of carbonyl (C=O) groups excluding carboxylic acids is 2. The fourth-order valence-corrected chi connectivity index (χ4v) is 3.40. The third-order valence-corrected chi connectivity index (χ3v) is 4.87. The van der Waals surface area contributed by atoms with Crippen molar-refractivity contribution in [1.29, 1.82) is 0 Å². The van der Waals surface area contributed by atoms with Crippen LogP contribution in [0.3, 0.4) is 0 Å². The highest BCUT2D eigenvalue weighted by Crippen LogP contribution is 2.24. The maximum atomic E-state index is 12.1. The van der Waals surface area contributed by atoms with Crippen LogP contribution in [0.15, 0.2) is 52.9 Å². The first kappa shape index (κ1) is 16.5. The Bertz CT molecular complexity index is 892. The van der Waals surface area contributed by atoms with Crippen LogP contribution >= 0.6 is 23.1 Å². The van der Waals surface area contributed by atoms with Crippen LogP contribution in [0.2, 0.25) is 0 Å². The van der Waals surface area contributed by atoms with Gasteiger partial charge in [0.2, 0.25) is 0 Å². The fraction of sp³-hybridized carbons (Fsp3) is 0.118. The number of aromatic nitrogens is 1. The first-order valence-electron chi connectivity index (χ1n) is 7.10. The van der Waals surface area contributed by atoms with Crippen LogP contribution in [-0.4, -0.2) is 29.7 Å². The van der Waals surface area contributed by atoms with Crippen LogP contribution in [-0.2, 0) is 9.53 Å². The average Bonchev–Trinajstić information content (AvgIpc) is 3.07. The number of anilines is 1. The minimum absolute atomic E-state index is 0.331. The number of carbonyl (C=O) groups is 2. The van der Waals surface area contributed by atoms with Crippen LogP contribution in [0.25, 0.3) is 10.2 Å². The SMILES string of the molecule is CSc1ccccc1NC(=O)COC(=O)c1ccc2ncsc2c1. The minimum atomic E-state index is -0.529. The van der Waals surface area contributed by atoms with Gasteiger partial charge in [0, 0.05) is 4.90 Å². The van der Waals surface area contributed by atoms with Gasteiger partial charge in [0.1, 0.15) is 0 Å². The molecule has 0 aliphatic carbocycles. The summed E-state index contributed by atoms with van der Waals surface area (Å²) in [5.74, 6) is -0.901. The molecule has 3 aromatic rings. The predicted molar refractivity (Wildman–Crippen MR) is 96.8 cm³/mol. The number of hydrogen-bond acceptors (Lipinski definition) is 6. The van der Waals surface area contributed by atoms with Gasteiger partial charge in [-0.25, -0.2) is 9.78 Å². The standard InChI is InChI=1S/C17H14N2O3S2/c1-23-14-5-3-2-4-13(14)19-16(20)9-22-17(21)11-6-7-12-15(8-11)24-10-18-12/h2-8,10H,9H2,1H3,(H,19,20). The summed E-state index contributed by atoms with van der Waals surface area (Å²) in [6, 6.07) is 12.6. The number of ether oxygens (including phenoxy) is 1. The molecule has 0 fully saturated rings. The van der Waals surface area contributed by atoms with Gasteiger partial charge in [0.25, 0.3) is 5.91 Å². The molecular weight excluding hydrogens is 344 g/mol. The summed E-state index contributed by atoms with van der Waals surface area (Å²) in [5.41, 5.74) is 3.67. The van der Waals surface area contributed by atoms with Crippen LogP contribution in [0, 0.1) is 0 Å². The molecule has 3 rings (SSSR count). The van der Waals surface area contributed by atoms with E-state index in [4.69, 9.17) is 4.74 Å². The molecule has 1 heterocycles. The molecular formula is C17H14N2O3S2. The first-order chi connectivity index (χ1) is 11.7. The van der Waals surface area contributed by atoms with Crippen LogP contribution in [0.1, 0.15) is 10.4 Å². The van der Waals surface area contributed by atoms with Crippen molar-refractivity contribution in [3.05, 3.63) is 53.5 Å². The number of thioether (sulfide) groups is 1. The molecule has 0 spiro atoms. The lowest BCUT2D eigenvalue weighted by Gasteiger charge is -2.09. The molecule has 1 aromatic heterocycles. The zero-order valence-corrected chi connectivity index (χ0v) is 14.4. The molecule has 122 valence electrons. The highest BCUT2D eigenvalue weighted by molar-refractivity contribution is 7.98. The molecule has 2 aromatic carbocycles. The van der Waals surface area contributed by atoms with E-state index in [2.05, 4.69) is 10.3 Å². The van der Waals surface area contributed by atoms with Crippen molar-refractivity contribution in [3.63, 3.8) is 0 Å². The molecule has 0 atom stereocenters.